The van der Waals surface area contributed by atoms with Crippen LogP contribution in [0.4, 0.5) is 8.78 Å². The lowest BCUT2D eigenvalue weighted by molar-refractivity contribution is 0.542. The number of nitrogens with one attached hydrogen (secondary N) is 1. The number of nitrogens with two attached hydrogens (primary N) is 1. The van der Waals surface area contributed by atoms with E-state index in [1.165, 1.54) is 24.3 Å². The number of benzene rings is 2. The van der Waals surface area contributed by atoms with Crippen molar-refractivity contribution in [3.63, 3.8) is 0 Å². The Morgan fingerprint density at radius 1 is 1.15 bits per heavy atom. The van der Waals surface area contributed by atoms with E-state index in [1.807, 2.05) is 13.0 Å². The first kappa shape index (κ1) is 15.1. The molecule has 0 bridgehead atoms. The zero-order valence-electron chi connectivity index (χ0n) is 11.0. The lowest BCUT2D eigenvalue weighted by Crippen LogP contribution is -2.29. The van der Waals surface area contributed by atoms with Crippen LogP contribution in [-0.4, -0.2) is 0 Å². The molecule has 1 unspecified atom stereocenters. The molecule has 0 amide bonds. The minimum atomic E-state index is -0.328. The molecule has 0 spiro atoms. The monoisotopic (exact) mass is 340 g/mol. The van der Waals surface area contributed by atoms with Crippen molar-refractivity contribution in [2.45, 2.75) is 19.4 Å². The summed E-state index contributed by atoms with van der Waals surface area (Å²) in [7, 11) is 0. The maximum atomic E-state index is 13.4. The third-order valence-corrected chi connectivity index (χ3v) is 3.67. The van der Waals surface area contributed by atoms with Gasteiger partial charge in [0.2, 0.25) is 0 Å². The van der Waals surface area contributed by atoms with Crippen molar-refractivity contribution >= 4 is 15.9 Å². The smallest absolute Gasteiger partial charge is 0.124 e. The van der Waals surface area contributed by atoms with Gasteiger partial charge in [0.25, 0.3) is 0 Å². The van der Waals surface area contributed by atoms with Gasteiger partial charge in [-0.1, -0.05) is 22.0 Å². The molecule has 5 heteroatoms. The second-order valence-corrected chi connectivity index (χ2v) is 5.61. The highest BCUT2D eigenvalue weighted by Gasteiger charge is 2.14. The highest BCUT2D eigenvalue weighted by Crippen LogP contribution is 2.24. The van der Waals surface area contributed by atoms with Crippen LogP contribution in [0.5, 0.6) is 0 Å². The third kappa shape index (κ3) is 3.62. The van der Waals surface area contributed by atoms with Crippen LogP contribution in [0.2, 0.25) is 0 Å². The maximum absolute atomic E-state index is 13.4. The summed E-state index contributed by atoms with van der Waals surface area (Å²) in [4.78, 5) is 0. The zero-order valence-corrected chi connectivity index (χ0v) is 12.5. The highest BCUT2D eigenvalue weighted by atomic mass is 79.9. The predicted molar refractivity (Wildman–Crippen MR) is 79.0 cm³/mol. The SMILES string of the molecule is Cc1cc(F)ccc1CC(NN)c1cc(F)cc(Br)c1. The summed E-state index contributed by atoms with van der Waals surface area (Å²) in [5.74, 6) is 4.98. The van der Waals surface area contributed by atoms with Crippen LogP contribution < -0.4 is 11.3 Å². The Kier molecular flexibility index (Phi) is 4.86. The van der Waals surface area contributed by atoms with E-state index in [9.17, 15) is 8.78 Å². The Morgan fingerprint density at radius 3 is 2.50 bits per heavy atom. The molecule has 20 heavy (non-hydrogen) atoms. The van der Waals surface area contributed by atoms with Gasteiger partial charge in [0.15, 0.2) is 0 Å². The molecule has 3 N–H and O–H groups in total. The van der Waals surface area contributed by atoms with E-state index in [0.29, 0.717) is 10.9 Å². The lowest BCUT2D eigenvalue weighted by atomic mass is 9.96. The molecule has 0 aromatic heterocycles. The number of hydrazine groups is 1. The molecular formula is C15H15BrF2N2. The Hall–Kier alpha value is -1.30. The quantitative estimate of drug-likeness (QED) is 0.656. The molecule has 0 aliphatic heterocycles. The Labute approximate surface area is 125 Å². The molecular weight excluding hydrogens is 326 g/mol. The summed E-state index contributed by atoms with van der Waals surface area (Å²) in [5, 5.41) is 0. The van der Waals surface area contributed by atoms with E-state index in [2.05, 4.69) is 21.4 Å². The van der Waals surface area contributed by atoms with E-state index in [-0.39, 0.29) is 17.7 Å². The second kappa shape index (κ2) is 6.43. The summed E-state index contributed by atoms with van der Waals surface area (Å²) < 4.78 is 27.2. The van der Waals surface area contributed by atoms with Crippen molar-refractivity contribution < 1.29 is 8.78 Å². The van der Waals surface area contributed by atoms with E-state index in [1.54, 1.807) is 6.07 Å². The van der Waals surface area contributed by atoms with Crippen molar-refractivity contribution in [2.24, 2.45) is 5.84 Å². The lowest BCUT2D eigenvalue weighted by Gasteiger charge is -2.18. The van der Waals surface area contributed by atoms with E-state index in [0.717, 1.165) is 16.7 Å². The minimum absolute atomic E-state index is 0.244. The number of halogens is 3. The summed E-state index contributed by atoms with van der Waals surface area (Å²) in [6.45, 7) is 1.84. The fourth-order valence-electron chi connectivity index (χ4n) is 2.16. The third-order valence-electron chi connectivity index (χ3n) is 3.22. The molecule has 0 radical (unpaired) electrons. The largest absolute Gasteiger partial charge is 0.271 e. The first-order chi connectivity index (χ1) is 9.49. The minimum Gasteiger partial charge on any atom is -0.271 e. The summed E-state index contributed by atoms with van der Waals surface area (Å²) in [6, 6.07) is 9.01. The van der Waals surface area contributed by atoms with Gasteiger partial charge in [-0.15, -0.1) is 0 Å². The molecule has 0 aliphatic rings. The average Bonchev–Trinajstić information content (AvgIpc) is 2.36. The van der Waals surface area contributed by atoms with Crippen LogP contribution in [0, 0.1) is 18.6 Å². The molecule has 0 saturated carbocycles. The maximum Gasteiger partial charge on any atom is 0.124 e. The number of hydrogen-bond acceptors (Lipinski definition) is 2. The van der Waals surface area contributed by atoms with E-state index >= 15 is 0 Å². The molecule has 2 aromatic rings. The average molecular weight is 341 g/mol. The van der Waals surface area contributed by atoms with Gasteiger partial charge < -0.3 is 0 Å². The molecule has 1 atom stereocenters. The predicted octanol–water partition coefficient (Wildman–Crippen LogP) is 3.78. The van der Waals surface area contributed by atoms with Gasteiger partial charge in [-0.25, -0.2) is 8.78 Å². The highest BCUT2D eigenvalue weighted by molar-refractivity contribution is 9.10. The Balaban J connectivity index is 2.28. The summed E-state index contributed by atoms with van der Waals surface area (Å²) >= 11 is 3.26. The van der Waals surface area contributed by atoms with Gasteiger partial charge in [-0.3, -0.25) is 11.3 Å². The first-order valence-corrected chi connectivity index (χ1v) is 6.96. The van der Waals surface area contributed by atoms with Crippen LogP contribution in [0.3, 0.4) is 0 Å². The van der Waals surface area contributed by atoms with Gasteiger partial charge in [0.1, 0.15) is 11.6 Å². The summed E-state index contributed by atoms with van der Waals surface area (Å²) in [5.41, 5.74) is 5.24. The molecule has 0 aliphatic carbocycles. The van der Waals surface area contributed by atoms with Crippen molar-refractivity contribution in [1.29, 1.82) is 0 Å². The Bertz CT molecular complexity index is 597. The van der Waals surface area contributed by atoms with Crippen molar-refractivity contribution in [1.82, 2.24) is 5.43 Å². The van der Waals surface area contributed by atoms with Gasteiger partial charge in [-0.2, -0.15) is 0 Å². The van der Waals surface area contributed by atoms with Gasteiger partial charge in [0.05, 0.1) is 6.04 Å². The van der Waals surface area contributed by atoms with Crippen LogP contribution in [0.15, 0.2) is 40.9 Å². The van der Waals surface area contributed by atoms with Crippen LogP contribution in [0.25, 0.3) is 0 Å². The van der Waals surface area contributed by atoms with Crippen molar-refractivity contribution in [2.75, 3.05) is 0 Å². The van der Waals surface area contributed by atoms with E-state index in [4.69, 9.17) is 5.84 Å². The van der Waals surface area contributed by atoms with Crippen molar-refractivity contribution in [3.8, 4) is 0 Å². The fraction of sp³-hybridized carbons (Fsp3) is 0.200. The number of rotatable bonds is 4. The standard InChI is InChI=1S/C15H15BrF2N2/c1-9-4-13(17)3-2-10(9)7-15(20-19)11-5-12(16)8-14(18)6-11/h2-6,8,15,20H,7,19H2,1H3. The van der Waals surface area contributed by atoms with Crippen LogP contribution >= 0.6 is 15.9 Å². The zero-order chi connectivity index (χ0) is 14.7. The topological polar surface area (TPSA) is 38.0 Å². The molecule has 106 valence electrons. The molecule has 0 heterocycles. The summed E-state index contributed by atoms with van der Waals surface area (Å²) in [6.07, 6.45) is 0.554. The fourth-order valence-corrected chi connectivity index (χ4v) is 2.64. The van der Waals surface area contributed by atoms with Gasteiger partial charge in [0, 0.05) is 4.47 Å². The molecule has 0 fully saturated rings. The van der Waals surface area contributed by atoms with Crippen LogP contribution in [-0.2, 0) is 6.42 Å². The first-order valence-electron chi connectivity index (χ1n) is 6.16. The number of aryl methyl sites for hydroxylation is 1. The molecule has 2 rings (SSSR count). The van der Waals surface area contributed by atoms with Crippen molar-refractivity contribution in [3.05, 3.63) is 69.2 Å². The van der Waals surface area contributed by atoms with Crippen LogP contribution in [0.1, 0.15) is 22.7 Å². The molecule has 2 aromatic carbocycles. The Morgan fingerprint density at radius 2 is 1.90 bits per heavy atom. The normalized spacial score (nSPS) is 12.4. The molecule has 2 nitrogen and oxygen atoms in total. The van der Waals surface area contributed by atoms with E-state index < -0.39 is 0 Å². The van der Waals surface area contributed by atoms with Gasteiger partial charge >= 0.3 is 0 Å². The van der Waals surface area contributed by atoms with Gasteiger partial charge in [-0.05, 0) is 60.4 Å². The second-order valence-electron chi connectivity index (χ2n) is 4.70. The number of hydrogen-bond donors (Lipinski definition) is 2. The molecule has 0 saturated heterocycles.